The molecule has 0 aromatic heterocycles. The molecule has 0 atom stereocenters. The van der Waals surface area contributed by atoms with Crippen molar-refractivity contribution in [3.05, 3.63) is 71.8 Å². The van der Waals surface area contributed by atoms with E-state index in [-0.39, 0.29) is 17.8 Å². The highest BCUT2D eigenvalue weighted by Crippen LogP contribution is 2.35. The van der Waals surface area contributed by atoms with E-state index in [9.17, 15) is 9.59 Å². The first kappa shape index (κ1) is 23.5. The van der Waals surface area contributed by atoms with E-state index in [0.717, 1.165) is 37.1 Å². The SMILES string of the molecule is CCCN(CCC)C(=O)CCCCN1C(=N)NC(c2ccccc2)(c2ccccc2)C1=O. The van der Waals surface area contributed by atoms with E-state index in [1.807, 2.05) is 65.6 Å². The van der Waals surface area contributed by atoms with Gasteiger partial charge in [0.25, 0.3) is 5.91 Å². The summed E-state index contributed by atoms with van der Waals surface area (Å²) in [5.74, 6) is 0.134. The Morgan fingerprint density at radius 2 is 1.47 bits per heavy atom. The lowest BCUT2D eigenvalue weighted by Gasteiger charge is -2.28. The lowest BCUT2D eigenvalue weighted by atomic mass is 9.82. The number of carbonyl (C=O) groups excluding carboxylic acids is 2. The Morgan fingerprint density at radius 1 is 0.938 bits per heavy atom. The second kappa shape index (κ2) is 10.9. The molecule has 6 nitrogen and oxygen atoms in total. The van der Waals surface area contributed by atoms with E-state index in [4.69, 9.17) is 5.41 Å². The van der Waals surface area contributed by atoms with Gasteiger partial charge in [-0.05, 0) is 36.8 Å². The molecule has 1 aliphatic heterocycles. The highest BCUT2D eigenvalue weighted by atomic mass is 16.2. The molecule has 0 spiro atoms. The summed E-state index contributed by atoms with van der Waals surface area (Å²) in [7, 11) is 0. The smallest absolute Gasteiger partial charge is 0.264 e. The fraction of sp³-hybridized carbons (Fsp3) is 0.423. The Balaban J connectivity index is 1.70. The van der Waals surface area contributed by atoms with Crippen molar-refractivity contribution in [1.29, 1.82) is 5.41 Å². The summed E-state index contributed by atoms with van der Waals surface area (Å²) in [5.41, 5.74) is 0.524. The molecule has 2 aromatic carbocycles. The van der Waals surface area contributed by atoms with E-state index in [0.29, 0.717) is 25.8 Å². The molecule has 1 aliphatic rings. The minimum atomic E-state index is -1.10. The van der Waals surface area contributed by atoms with Crippen LogP contribution in [0.5, 0.6) is 0 Å². The first-order valence-corrected chi connectivity index (χ1v) is 11.6. The first-order chi connectivity index (χ1) is 15.5. The van der Waals surface area contributed by atoms with Crippen LogP contribution in [0.4, 0.5) is 0 Å². The van der Waals surface area contributed by atoms with Crippen molar-refractivity contribution in [2.24, 2.45) is 0 Å². The number of guanidine groups is 1. The van der Waals surface area contributed by atoms with Crippen molar-refractivity contribution >= 4 is 17.8 Å². The Kier molecular flexibility index (Phi) is 8.03. The maximum absolute atomic E-state index is 13.7. The van der Waals surface area contributed by atoms with Crippen molar-refractivity contribution in [3.63, 3.8) is 0 Å². The number of hydrogen-bond acceptors (Lipinski definition) is 3. The molecule has 0 unspecified atom stereocenters. The van der Waals surface area contributed by atoms with Gasteiger partial charge in [-0.25, -0.2) is 0 Å². The second-order valence-electron chi connectivity index (χ2n) is 8.25. The molecule has 0 radical (unpaired) electrons. The van der Waals surface area contributed by atoms with Gasteiger partial charge in [0.1, 0.15) is 0 Å². The van der Waals surface area contributed by atoms with Crippen molar-refractivity contribution in [1.82, 2.24) is 15.1 Å². The van der Waals surface area contributed by atoms with Crippen molar-refractivity contribution in [2.75, 3.05) is 19.6 Å². The first-order valence-electron chi connectivity index (χ1n) is 11.6. The van der Waals surface area contributed by atoms with E-state index in [1.165, 1.54) is 4.90 Å². The lowest BCUT2D eigenvalue weighted by Crippen LogP contribution is -2.45. The molecule has 1 saturated heterocycles. The number of carbonyl (C=O) groups is 2. The predicted molar refractivity (Wildman–Crippen MR) is 127 cm³/mol. The molecule has 0 aliphatic carbocycles. The summed E-state index contributed by atoms with van der Waals surface area (Å²) < 4.78 is 0. The Bertz CT molecular complexity index is 868. The highest BCUT2D eigenvalue weighted by Gasteiger charge is 2.51. The maximum atomic E-state index is 13.7. The summed E-state index contributed by atoms with van der Waals surface area (Å²) in [6.45, 7) is 6.17. The van der Waals surface area contributed by atoms with Crippen LogP contribution < -0.4 is 5.32 Å². The van der Waals surface area contributed by atoms with Crippen LogP contribution in [0.3, 0.4) is 0 Å². The van der Waals surface area contributed by atoms with Crippen LogP contribution in [0, 0.1) is 5.41 Å². The molecule has 170 valence electrons. The van der Waals surface area contributed by atoms with Crippen molar-refractivity contribution < 1.29 is 9.59 Å². The minimum Gasteiger partial charge on any atom is -0.343 e. The van der Waals surface area contributed by atoms with Crippen LogP contribution in [0.2, 0.25) is 0 Å². The fourth-order valence-corrected chi connectivity index (χ4v) is 4.36. The van der Waals surface area contributed by atoms with Crippen LogP contribution >= 0.6 is 0 Å². The number of nitrogens with one attached hydrogen (secondary N) is 2. The Hall–Kier alpha value is -3.15. The molecule has 2 N–H and O–H groups in total. The van der Waals surface area contributed by atoms with Gasteiger partial charge in [-0.1, -0.05) is 74.5 Å². The molecular formula is C26H34N4O2. The van der Waals surface area contributed by atoms with Gasteiger partial charge in [0.15, 0.2) is 11.5 Å². The standard InChI is InChI=1S/C26H34N4O2/c1-3-18-29(19-4-2)23(31)17-11-12-20-30-24(32)26(28-25(30)27,21-13-7-5-8-14-21)22-15-9-6-10-16-22/h5-10,13-16H,3-4,11-12,17-20H2,1-2H3,(H2,27,28). The van der Waals surface area contributed by atoms with Crippen LogP contribution in [0.25, 0.3) is 0 Å². The van der Waals surface area contributed by atoms with Gasteiger partial charge in [0.2, 0.25) is 5.91 Å². The lowest BCUT2D eigenvalue weighted by molar-refractivity contribution is -0.131. The summed E-state index contributed by atoms with van der Waals surface area (Å²) in [6.07, 6.45) is 3.76. The Morgan fingerprint density at radius 3 is 1.97 bits per heavy atom. The average Bonchev–Trinajstić information content (AvgIpc) is 3.08. The van der Waals surface area contributed by atoms with E-state index in [1.54, 1.807) is 0 Å². The molecule has 0 saturated carbocycles. The number of rotatable bonds is 11. The van der Waals surface area contributed by atoms with Gasteiger partial charge < -0.3 is 10.2 Å². The third kappa shape index (κ3) is 4.85. The fourth-order valence-electron chi connectivity index (χ4n) is 4.36. The number of benzene rings is 2. The molecule has 1 heterocycles. The zero-order chi connectivity index (χ0) is 23.0. The predicted octanol–water partition coefficient (Wildman–Crippen LogP) is 4.12. The van der Waals surface area contributed by atoms with Gasteiger partial charge >= 0.3 is 0 Å². The van der Waals surface area contributed by atoms with Gasteiger partial charge in [-0.15, -0.1) is 0 Å². The number of amides is 2. The van der Waals surface area contributed by atoms with Gasteiger partial charge in [0, 0.05) is 26.1 Å². The largest absolute Gasteiger partial charge is 0.343 e. The monoisotopic (exact) mass is 434 g/mol. The van der Waals surface area contributed by atoms with Crippen LogP contribution in [0.1, 0.15) is 57.1 Å². The van der Waals surface area contributed by atoms with Gasteiger partial charge in [-0.2, -0.15) is 0 Å². The molecule has 6 heteroatoms. The molecule has 2 amide bonds. The zero-order valence-electron chi connectivity index (χ0n) is 19.1. The summed E-state index contributed by atoms with van der Waals surface area (Å²) in [5, 5.41) is 11.7. The molecule has 32 heavy (non-hydrogen) atoms. The quantitative estimate of drug-likeness (QED) is 0.523. The molecular weight excluding hydrogens is 400 g/mol. The third-order valence-electron chi connectivity index (χ3n) is 5.92. The number of nitrogens with zero attached hydrogens (tertiary/aromatic N) is 2. The second-order valence-corrected chi connectivity index (χ2v) is 8.25. The normalized spacial score (nSPS) is 15.0. The van der Waals surface area contributed by atoms with E-state index >= 15 is 0 Å². The Labute approximate surface area is 191 Å². The minimum absolute atomic E-state index is 0.104. The molecule has 3 rings (SSSR count). The topological polar surface area (TPSA) is 76.5 Å². The van der Waals surface area contributed by atoms with Crippen molar-refractivity contribution in [2.45, 2.75) is 51.5 Å². The summed E-state index contributed by atoms with van der Waals surface area (Å²) >= 11 is 0. The number of unbranched alkanes of at least 4 members (excludes halogenated alkanes) is 1. The maximum Gasteiger partial charge on any atom is 0.264 e. The molecule has 1 fully saturated rings. The average molecular weight is 435 g/mol. The van der Waals surface area contributed by atoms with Crippen LogP contribution in [0.15, 0.2) is 60.7 Å². The van der Waals surface area contributed by atoms with E-state index < -0.39 is 5.54 Å². The van der Waals surface area contributed by atoms with E-state index in [2.05, 4.69) is 19.2 Å². The van der Waals surface area contributed by atoms with Crippen molar-refractivity contribution in [3.8, 4) is 0 Å². The van der Waals surface area contributed by atoms with Gasteiger partial charge in [-0.3, -0.25) is 19.9 Å². The molecule has 0 bridgehead atoms. The van der Waals surface area contributed by atoms with Gasteiger partial charge in [0.05, 0.1) is 0 Å². The number of hydrogen-bond donors (Lipinski definition) is 2. The van der Waals surface area contributed by atoms with Crippen LogP contribution in [-0.2, 0) is 15.1 Å². The third-order valence-corrected chi connectivity index (χ3v) is 5.92. The summed E-state index contributed by atoms with van der Waals surface area (Å²) in [6, 6.07) is 19.1. The highest BCUT2D eigenvalue weighted by molar-refractivity contribution is 6.10. The zero-order valence-corrected chi connectivity index (χ0v) is 19.1. The molecule has 2 aromatic rings. The van der Waals surface area contributed by atoms with Crippen LogP contribution in [-0.4, -0.2) is 47.2 Å². The summed E-state index contributed by atoms with van der Waals surface area (Å²) in [4.78, 5) is 29.6.